The van der Waals surface area contributed by atoms with Gasteiger partial charge in [-0.25, -0.2) is 4.39 Å². The van der Waals surface area contributed by atoms with E-state index in [2.05, 4.69) is 21.4 Å². The summed E-state index contributed by atoms with van der Waals surface area (Å²) in [5.74, 6) is 5.34. The van der Waals surface area contributed by atoms with Gasteiger partial charge in [0.05, 0.1) is 6.10 Å². The van der Waals surface area contributed by atoms with Crippen molar-refractivity contribution in [3.05, 3.63) is 34.1 Å². The maximum absolute atomic E-state index is 13.8. The summed E-state index contributed by atoms with van der Waals surface area (Å²) in [7, 11) is 0. The van der Waals surface area contributed by atoms with Crippen molar-refractivity contribution in [3.63, 3.8) is 0 Å². The molecule has 1 aliphatic heterocycles. The van der Waals surface area contributed by atoms with Crippen LogP contribution in [0.2, 0.25) is 0 Å². The molecule has 0 aliphatic carbocycles. The number of rotatable bonds is 5. The van der Waals surface area contributed by atoms with Crippen molar-refractivity contribution in [2.24, 2.45) is 5.84 Å². The van der Waals surface area contributed by atoms with E-state index < -0.39 is 0 Å². The molecule has 106 valence electrons. The Balaban J connectivity index is 1.97. The van der Waals surface area contributed by atoms with Crippen LogP contribution in [0.1, 0.15) is 43.7 Å². The fourth-order valence-electron chi connectivity index (χ4n) is 2.50. The zero-order chi connectivity index (χ0) is 13.7. The lowest BCUT2D eigenvalue weighted by Gasteiger charge is -2.25. The molecule has 0 bridgehead atoms. The van der Waals surface area contributed by atoms with E-state index in [1.54, 1.807) is 12.1 Å². The quantitative estimate of drug-likeness (QED) is 0.642. The second-order valence-corrected chi connectivity index (χ2v) is 5.87. The van der Waals surface area contributed by atoms with Gasteiger partial charge in [0.15, 0.2) is 0 Å². The third-order valence-electron chi connectivity index (χ3n) is 3.59. The molecule has 1 saturated heterocycles. The number of benzene rings is 1. The zero-order valence-corrected chi connectivity index (χ0v) is 12.5. The highest BCUT2D eigenvalue weighted by Crippen LogP contribution is 2.27. The molecule has 0 saturated carbocycles. The van der Waals surface area contributed by atoms with Crippen LogP contribution in [0.5, 0.6) is 0 Å². The Kier molecular flexibility index (Phi) is 5.76. The van der Waals surface area contributed by atoms with Crippen molar-refractivity contribution in [2.75, 3.05) is 6.61 Å². The van der Waals surface area contributed by atoms with Crippen LogP contribution >= 0.6 is 15.9 Å². The molecule has 1 heterocycles. The van der Waals surface area contributed by atoms with Crippen molar-refractivity contribution in [1.29, 1.82) is 0 Å². The SMILES string of the molecule is NNC(CCC1CCCCO1)c1cc(Br)ccc1F. The largest absolute Gasteiger partial charge is 0.378 e. The maximum Gasteiger partial charge on any atom is 0.128 e. The molecular formula is C14H20BrFN2O. The lowest BCUT2D eigenvalue weighted by molar-refractivity contribution is 0.00848. The van der Waals surface area contributed by atoms with Gasteiger partial charge in [-0.15, -0.1) is 0 Å². The minimum atomic E-state index is -0.226. The molecule has 2 unspecified atom stereocenters. The van der Waals surface area contributed by atoms with Gasteiger partial charge in [-0.05, 0) is 50.3 Å². The van der Waals surface area contributed by atoms with E-state index in [-0.39, 0.29) is 11.9 Å². The second kappa shape index (κ2) is 7.33. The van der Waals surface area contributed by atoms with Crippen LogP contribution in [0, 0.1) is 5.82 Å². The van der Waals surface area contributed by atoms with Crippen molar-refractivity contribution in [3.8, 4) is 0 Å². The van der Waals surface area contributed by atoms with Gasteiger partial charge in [-0.1, -0.05) is 15.9 Å². The first-order valence-electron chi connectivity index (χ1n) is 6.73. The van der Waals surface area contributed by atoms with Gasteiger partial charge in [0.25, 0.3) is 0 Å². The summed E-state index contributed by atoms with van der Waals surface area (Å²) in [5, 5.41) is 0. The van der Waals surface area contributed by atoms with Crippen LogP contribution in [-0.4, -0.2) is 12.7 Å². The average molecular weight is 331 g/mol. The van der Waals surface area contributed by atoms with Crippen molar-refractivity contribution < 1.29 is 9.13 Å². The Bertz CT molecular complexity index is 410. The highest BCUT2D eigenvalue weighted by molar-refractivity contribution is 9.10. The Hall–Kier alpha value is -0.490. The van der Waals surface area contributed by atoms with Crippen molar-refractivity contribution in [1.82, 2.24) is 5.43 Å². The molecule has 2 atom stereocenters. The minimum Gasteiger partial charge on any atom is -0.378 e. The summed E-state index contributed by atoms with van der Waals surface area (Å²) in [4.78, 5) is 0. The van der Waals surface area contributed by atoms with E-state index in [9.17, 15) is 4.39 Å². The maximum atomic E-state index is 13.8. The molecule has 0 amide bonds. The molecule has 1 fully saturated rings. The fourth-order valence-corrected chi connectivity index (χ4v) is 2.88. The lowest BCUT2D eigenvalue weighted by Crippen LogP contribution is -2.30. The number of hydrogen-bond acceptors (Lipinski definition) is 3. The van der Waals surface area contributed by atoms with Crippen molar-refractivity contribution >= 4 is 15.9 Å². The molecule has 0 radical (unpaired) electrons. The van der Waals surface area contributed by atoms with Gasteiger partial charge in [0.2, 0.25) is 0 Å². The van der Waals surface area contributed by atoms with Gasteiger partial charge in [0, 0.05) is 22.7 Å². The molecule has 2 rings (SSSR count). The summed E-state index contributed by atoms with van der Waals surface area (Å²) >= 11 is 3.36. The topological polar surface area (TPSA) is 47.3 Å². The van der Waals surface area contributed by atoms with E-state index in [0.717, 1.165) is 36.8 Å². The number of hydrazine groups is 1. The van der Waals surface area contributed by atoms with Crippen LogP contribution in [0.25, 0.3) is 0 Å². The van der Waals surface area contributed by atoms with Gasteiger partial charge < -0.3 is 4.74 Å². The van der Waals surface area contributed by atoms with E-state index in [1.165, 1.54) is 12.5 Å². The van der Waals surface area contributed by atoms with Crippen LogP contribution in [0.15, 0.2) is 22.7 Å². The van der Waals surface area contributed by atoms with Crippen LogP contribution in [0.3, 0.4) is 0 Å². The number of hydrogen-bond donors (Lipinski definition) is 2. The summed E-state index contributed by atoms with van der Waals surface area (Å²) in [6.07, 6.45) is 5.43. The first-order valence-corrected chi connectivity index (χ1v) is 7.52. The first-order chi connectivity index (χ1) is 9.20. The van der Waals surface area contributed by atoms with Crippen molar-refractivity contribution in [2.45, 2.75) is 44.2 Å². The Morgan fingerprint density at radius 3 is 3.00 bits per heavy atom. The molecule has 3 nitrogen and oxygen atoms in total. The monoisotopic (exact) mass is 330 g/mol. The van der Waals surface area contributed by atoms with Gasteiger partial charge in [0.1, 0.15) is 5.82 Å². The summed E-state index contributed by atoms with van der Waals surface area (Å²) < 4.78 is 20.4. The van der Waals surface area contributed by atoms with Gasteiger partial charge in [-0.2, -0.15) is 0 Å². The third kappa shape index (κ3) is 4.24. The summed E-state index contributed by atoms with van der Waals surface area (Å²) in [5.41, 5.74) is 3.31. The normalized spacial score (nSPS) is 21.3. The molecule has 3 N–H and O–H groups in total. The molecule has 1 aromatic rings. The molecule has 19 heavy (non-hydrogen) atoms. The Morgan fingerprint density at radius 2 is 2.32 bits per heavy atom. The smallest absolute Gasteiger partial charge is 0.128 e. The summed E-state index contributed by atoms with van der Waals surface area (Å²) in [6.45, 7) is 0.844. The predicted molar refractivity (Wildman–Crippen MR) is 77.0 cm³/mol. The van der Waals surface area contributed by atoms with Gasteiger partial charge in [-0.3, -0.25) is 11.3 Å². The second-order valence-electron chi connectivity index (χ2n) is 4.95. The van der Waals surface area contributed by atoms with E-state index in [4.69, 9.17) is 10.6 Å². The molecular weight excluding hydrogens is 311 g/mol. The molecule has 1 aliphatic rings. The Morgan fingerprint density at radius 1 is 1.47 bits per heavy atom. The number of nitrogens with one attached hydrogen (secondary N) is 1. The third-order valence-corrected chi connectivity index (χ3v) is 4.08. The van der Waals surface area contributed by atoms with Gasteiger partial charge >= 0.3 is 0 Å². The zero-order valence-electron chi connectivity index (χ0n) is 10.9. The molecule has 5 heteroatoms. The number of halogens is 2. The minimum absolute atomic E-state index is 0.178. The number of nitrogens with two attached hydrogens (primary N) is 1. The van der Waals surface area contributed by atoms with E-state index in [0.29, 0.717) is 11.7 Å². The molecule has 0 spiro atoms. The van der Waals surface area contributed by atoms with Crippen LogP contribution in [-0.2, 0) is 4.74 Å². The Labute approximate surface area is 121 Å². The summed E-state index contributed by atoms with van der Waals surface area (Å²) in [6, 6.07) is 4.75. The molecule has 1 aromatic carbocycles. The lowest BCUT2D eigenvalue weighted by atomic mass is 9.97. The fraction of sp³-hybridized carbons (Fsp3) is 0.571. The van der Waals surface area contributed by atoms with E-state index >= 15 is 0 Å². The molecule has 0 aromatic heterocycles. The standard InChI is InChI=1S/C14H20BrFN2O/c15-10-4-6-13(16)12(9-10)14(18-17)7-5-11-3-1-2-8-19-11/h4,6,9,11,14,18H,1-3,5,7-8,17H2. The number of ether oxygens (including phenoxy) is 1. The highest BCUT2D eigenvalue weighted by Gasteiger charge is 2.19. The first kappa shape index (κ1) is 14.9. The predicted octanol–water partition coefficient (Wildman–Crippen LogP) is 3.44. The van der Waals surface area contributed by atoms with Crippen LogP contribution in [0.4, 0.5) is 4.39 Å². The van der Waals surface area contributed by atoms with E-state index in [1.807, 2.05) is 0 Å². The average Bonchev–Trinajstić information content (AvgIpc) is 2.44. The van der Waals surface area contributed by atoms with Crippen LogP contribution < -0.4 is 11.3 Å². The highest BCUT2D eigenvalue weighted by atomic mass is 79.9.